The zero-order valence-corrected chi connectivity index (χ0v) is 13.1. The monoisotopic (exact) mass is 322 g/mol. The first kappa shape index (κ1) is 16.4. The Bertz CT molecular complexity index is 608. The summed E-state index contributed by atoms with van der Waals surface area (Å²) in [5, 5.41) is 3.08. The van der Waals surface area contributed by atoms with Gasteiger partial charge in [0.2, 0.25) is 0 Å². The van der Waals surface area contributed by atoms with E-state index in [2.05, 4.69) is 10.3 Å². The number of hydrogen-bond acceptors (Lipinski definition) is 6. The van der Waals surface area contributed by atoms with Crippen LogP contribution in [0, 0.1) is 0 Å². The molecule has 2 rings (SSSR count). The Morgan fingerprint density at radius 2 is 2.18 bits per heavy atom. The van der Waals surface area contributed by atoms with Gasteiger partial charge in [-0.25, -0.2) is 4.98 Å². The maximum Gasteiger partial charge on any atom is 0.316 e. The van der Waals surface area contributed by atoms with Gasteiger partial charge in [-0.15, -0.1) is 0 Å². The van der Waals surface area contributed by atoms with E-state index in [-0.39, 0.29) is 18.3 Å². The summed E-state index contributed by atoms with van der Waals surface area (Å²) in [6, 6.07) is 7.37. The number of para-hydroxylation sites is 2. The molecule has 0 spiro atoms. The number of oxazole rings is 1. The number of hydrogen-bond donors (Lipinski definition) is 1. The fraction of sp³-hybridized carbons (Fsp3) is 0.400. The third kappa shape index (κ3) is 5.07. The van der Waals surface area contributed by atoms with Crippen LogP contribution in [0.5, 0.6) is 0 Å². The number of nitrogens with one attached hydrogen (secondary N) is 1. The van der Waals surface area contributed by atoms with Crippen molar-refractivity contribution < 1.29 is 18.7 Å². The van der Waals surface area contributed by atoms with Crippen LogP contribution < -0.4 is 5.32 Å². The number of thioether (sulfide) groups is 1. The molecule has 0 aliphatic heterocycles. The lowest BCUT2D eigenvalue weighted by molar-refractivity contribution is -0.145. The minimum absolute atomic E-state index is 0.0507. The van der Waals surface area contributed by atoms with E-state index >= 15 is 0 Å². The van der Waals surface area contributed by atoms with Crippen molar-refractivity contribution in [1.29, 1.82) is 0 Å². The van der Waals surface area contributed by atoms with Gasteiger partial charge in [0.25, 0.3) is 11.1 Å². The number of carbonyl (C=O) groups is 2. The third-order valence-electron chi connectivity index (χ3n) is 2.80. The van der Waals surface area contributed by atoms with Crippen molar-refractivity contribution >= 4 is 34.7 Å². The summed E-state index contributed by atoms with van der Waals surface area (Å²) in [6.45, 7) is 2.39. The van der Waals surface area contributed by atoms with Crippen molar-refractivity contribution in [1.82, 2.24) is 10.3 Å². The maximum absolute atomic E-state index is 11.6. The van der Waals surface area contributed by atoms with Gasteiger partial charge in [-0.2, -0.15) is 0 Å². The van der Waals surface area contributed by atoms with Crippen LogP contribution in [0.3, 0.4) is 0 Å². The zero-order valence-electron chi connectivity index (χ0n) is 12.3. The molecule has 7 heteroatoms. The predicted molar refractivity (Wildman–Crippen MR) is 83.6 cm³/mol. The third-order valence-corrected chi connectivity index (χ3v) is 3.61. The first-order valence-electron chi connectivity index (χ1n) is 7.09. The number of aromatic nitrogens is 1. The normalized spacial score (nSPS) is 10.6. The van der Waals surface area contributed by atoms with Crippen molar-refractivity contribution in [2.45, 2.75) is 25.0 Å². The van der Waals surface area contributed by atoms with E-state index in [9.17, 15) is 9.59 Å². The number of amides is 1. The van der Waals surface area contributed by atoms with Crippen molar-refractivity contribution in [2.24, 2.45) is 0 Å². The Morgan fingerprint density at radius 1 is 1.36 bits per heavy atom. The Kier molecular flexibility index (Phi) is 6.27. The molecule has 1 N–H and O–H groups in total. The van der Waals surface area contributed by atoms with Crippen LogP contribution in [0.2, 0.25) is 0 Å². The highest BCUT2D eigenvalue weighted by Gasteiger charge is 2.11. The largest absolute Gasteiger partial charge is 0.455 e. The number of rotatable bonds is 8. The molecule has 1 heterocycles. The Hall–Kier alpha value is -2.02. The van der Waals surface area contributed by atoms with E-state index in [1.54, 1.807) is 0 Å². The van der Waals surface area contributed by atoms with E-state index in [0.717, 1.165) is 30.1 Å². The molecule has 0 fully saturated rings. The summed E-state index contributed by atoms with van der Waals surface area (Å²) in [5.74, 6) is -0.707. The molecule has 0 unspecified atom stereocenters. The number of fused-ring (bicyclic) bond motifs is 1. The van der Waals surface area contributed by atoms with Gasteiger partial charge in [0.1, 0.15) is 11.3 Å². The fourth-order valence-corrected chi connectivity index (χ4v) is 2.31. The molecule has 118 valence electrons. The number of benzene rings is 1. The molecule has 0 saturated carbocycles. The summed E-state index contributed by atoms with van der Waals surface area (Å²) in [7, 11) is 0. The Morgan fingerprint density at radius 3 is 2.95 bits per heavy atom. The molecule has 6 nitrogen and oxygen atoms in total. The standard InChI is InChI=1S/C15H18N2O4S/c1-2-3-8-16-13(18)9-20-14(19)10-22-15-17-11-6-4-5-7-12(11)21-15/h4-7H,2-3,8-10H2,1H3,(H,16,18). The van der Waals surface area contributed by atoms with Gasteiger partial charge in [0.05, 0.1) is 0 Å². The van der Waals surface area contributed by atoms with Crippen LogP contribution in [0.4, 0.5) is 0 Å². The van der Waals surface area contributed by atoms with Crippen molar-refractivity contribution in [3.63, 3.8) is 0 Å². The average molecular weight is 322 g/mol. The van der Waals surface area contributed by atoms with Crippen LogP contribution in [0.15, 0.2) is 33.9 Å². The van der Waals surface area contributed by atoms with Crippen LogP contribution >= 0.6 is 11.8 Å². The van der Waals surface area contributed by atoms with Crippen molar-refractivity contribution in [2.75, 3.05) is 18.9 Å². The second-order valence-corrected chi connectivity index (χ2v) is 5.53. The zero-order chi connectivity index (χ0) is 15.8. The molecule has 0 aliphatic rings. The highest BCUT2D eigenvalue weighted by Crippen LogP contribution is 2.22. The lowest BCUT2D eigenvalue weighted by Crippen LogP contribution is -2.29. The van der Waals surface area contributed by atoms with E-state index < -0.39 is 5.97 Å². The SMILES string of the molecule is CCCCNC(=O)COC(=O)CSc1nc2ccccc2o1. The van der Waals surface area contributed by atoms with E-state index in [4.69, 9.17) is 9.15 Å². The molecular formula is C15H18N2O4S. The molecule has 0 aliphatic carbocycles. The van der Waals surface area contributed by atoms with E-state index in [1.165, 1.54) is 0 Å². The quantitative estimate of drug-likeness (QED) is 0.456. The van der Waals surface area contributed by atoms with Crippen molar-refractivity contribution in [3.8, 4) is 0 Å². The van der Waals surface area contributed by atoms with Gasteiger partial charge < -0.3 is 14.5 Å². The minimum atomic E-state index is -0.474. The molecule has 1 amide bonds. The number of unbranched alkanes of at least 4 members (excludes halogenated alkanes) is 1. The van der Waals surface area contributed by atoms with Gasteiger partial charge in [-0.05, 0) is 18.6 Å². The highest BCUT2D eigenvalue weighted by molar-refractivity contribution is 7.99. The van der Waals surface area contributed by atoms with Gasteiger partial charge in [-0.3, -0.25) is 9.59 Å². The number of carbonyl (C=O) groups excluding carboxylic acids is 2. The maximum atomic E-state index is 11.6. The number of esters is 1. The first-order valence-corrected chi connectivity index (χ1v) is 8.08. The first-order chi connectivity index (χ1) is 10.7. The molecule has 0 radical (unpaired) electrons. The number of ether oxygens (including phenoxy) is 1. The molecule has 0 saturated heterocycles. The second kappa shape index (κ2) is 8.43. The fourth-order valence-electron chi connectivity index (χ4n) is 1.68. The topological polar surface area (TPSA) is 81.4 Å². The van der Waals surface area contributed by atoms with Crippen LogP contribution in [-0.4, -0.2) is 35.8 Å². The summed E-state index contributed by atoms with van der Waals surface area (Å²) in [6.07, 6.45) is 1.91. The molecule has 0 bridgehead atoms. The van der Waals surface area contributed by atoms with Gasteiger partial charge in [0, 0.05) is 6.54 Å². The molecule has 0 atom stereocenters. The number of nitrogens with zero attached hydrogens (tertiary/aromatic N) is 1. The molecule has 2 aromatic rings. The van der Waals surface area contributed by atoms with Crippen LogP contribution in [0.25, 0.3) is 11.1 Å². The van der Waals surface area contributed by atoms with Crippen LogP contribution in [-0.2, 0) is 14.3 Å². The van der Waals surface area contributed by atoms with E-state index in [0.29, 0.717) is 17.4 Å². The summed E-state index contributed by atoms with van der Waals surface area (Å²) in [5.41, 5.74) is 1.42. The Labute approximate surface area is 132 Å². The lowest BCUT2D eigenvalue weighted by atomic mass is 10.3. The summed E-state index contributed by atoms with van der Waals surface area (Å²) < 4.78 is 10.4. The molecule has 1 aromatic carbocycles. The van der Waals surface area contributed by atoms with E-state index in [1.807, 2.05) is 31.2 Å². The van der Waals surface area contributed by atoms with Crippen molar-refractivity contribution in [3.05, 3.63) is 24.3 Å². The molecular weight excluding hydrogens is 304 g/mol. The van der Waals surface area contributed by atoms with Gasteiger partial charge >= 0.3 is 5.97 Å². The minimum Gasteiger partial charge on any atom is -0.455 e. The second-order valence-electron chi connectivity index (χ2n) is 4.60. The molecule has 22 heavy (non-hydrogen) atoms. The predicted octanol–water partition coefficient (Wildman–Crippen LogP) is 2.38. The Balaban J connectivity index is 1.70. The highest BCUT2D eigenvalue weighted by atomic mass is 32.2. The van der Waals surface area contributed by atoms with Gasteiger partial charge in [-0.1, -0.05) is 37.2 Å². The van der Waals surface area contributed by atoms with Crippen LogP contribution in [0.1, 0.15) is 19.8 Å². The smallest absolute Gasteiger partial charge is 0.316 e. The average Bonchev–Trinajstić information content (AvgIpc) is 2.94. The van der Waals surface area contributed by atoms with Gasteiger partial charge in [0.15, 0.2) is 12.2 Å². The summed E-state index contributed by atoms with van der Waals surface area (Å²) >= 11 is 1.14. The molecule has 1 aromatic heterocycles. The lowest BCUT2D eigenvalue weighted by Gasteiger charge is -2.05. The summed E-state index contributed by atoms with van der Waals surface area (Å²) in [4.78, 5) is 27.2.